The van der Waals surface area contributed by atoms with E-state index >= 15 is 0 Å². The SMILES string of the molecule is CCCC1(C(=O)O)CCN(S(=O)(=O)C(C)C)C1. The number of carboxylic acids is 1. The summed E-state index contributed by atoms with van der Waals surface area (Å²) in [6.45, 7) is 5.61. The van der Waals surface area contributed by atoms with Crippen molar-refractivity contribution in [1.82, 2.24) is 4.31 Å². The van der Waals surface area contributed by atoms with Crippen molar-refractivity contribution in [2.45, 2.75) is 45.3 Å². The first-order valence-corrected chi connectivity index (χ1v) is 7.49. The normalized spacial score (nSPS) is 26.6. The van der Waals surface area contributed by atoms with Crippen molar-refractivity contribution in [2.75, 3.05) is 13.1 Å². The van der Waals surface area contributed by atoms with E-state index in [4.69, 9.17) is 0 Å². The molecule has 1 fully saturated rings. The number of sulfonamides is 1. The van der Waals surface area contributed by atoms with Gasteiger partial charge in [-0.2, -0.15) is 0 Å². The van der Waals surface area contributed by atoms with Gasteiger partial charge in [0.2, 0.25) is 10.0 Å². The van der Waals surface area contributed by atoms with Crippen LogP contribution in [-0.4, -0.2) is 42.1 Å². The zero-order valence-corrected chi connectivity index (χ0v) is 11.5. The van der Waals surface area contributed by atoms with Gasteiger partial charge in [0.1, 0.15) is 0 Å². The van der Waals surface area contributed by atoms with Gasteiger partial charge < -0.3 is 5.11 Å². The van der Waals surface area contributed by atoms with E-state index in [2.05, 4.69) is 0 Å². The molecule has 1 saturated heterocycles. The second-order valence-electron chi connectivity index (χ2n) is 5.01. The molecule has 6 heteroatoms. The van der Waals surface area contributed by atoms with Crippen LogP contribution in [0, 0.1) is 5.41 Å². The van der Waals surface area contributed by atoms with Crippen LogP contribution in [-0.2, 0) is 14.8 Å². The first kappa shape index (κ1) is 14.4. The van der Waals surface area contributed by atoms with Gasteiger partial charge in [-0.1, -0.05) is 13.3 Å². The highest BCUT2D eigenvalue weighted by Crippen LogP contribution is 2.37. The lowest BCUT2D eigenvalue weighted by atomic mass is 9.83. The van der Waals surface area contributed by atoms with Gasteiger partial charge >= 0.3 is 5.97 Å². The van der Waals surface area contributed by atoms with Crippen LogP contribution in [0.5, 0.6) is 0 Å². The summed E-state index contributed by atoms with van der Waals surface area (Å²) in [6, 6.07) is 0. The van der Waals surface area contributed by atoms with E-state index in [1.54, 1.807) is 13.8 Å². The van der Waals surface area contributed by atoms with Crippen molar-refractivity contribution in [2.24, 2.45) is 5.41 Å². The fraction of sp³-hybridized carbons (Fsp3) is 0.909. The smallest absolute Gasteiger partial charge is 0.311 e. The Hall–Kier alpha value is -0.620. The lowest BCUT2D eigenvalue weighted by molar-refractivity contribution is -0.148. The fourth-order valence-electron chi connectivity index (χ4n) is 2.31. The van der Waals surface area contributed by atoms with Crippen LogP contribution in [0.3, 0.4) is 0 Å². The van der Waals surface area contributed by atoms with E-state index in [0.717, 1.165) is 6.42 Å². The third-order valence-electron chi connectivity index (χ3n) is 3.46. The Bertz CT molecular complexity index is 390. The monoisotopic (exact) mass is 263 g/mol. The van der Waals surface area contributed by atoms with Gasteiger partial charge in [-0.15, -0.1) is 0 Å². The highest BCUT2D eigenvalue weighted by atomic mass is 32.2. The molecule has 1 unspecified atom stereocenters. The first-order valence-electron chi connectivity index (χ1n) is 5.98. The molecule has 0 amide bonds. The largest absolute Gasteiger partial charge is 0.481 e. The average Bonchev–Trinajstić information content (AvgIpc) is 2.64. The molecule has 1 rings (SSSR count). The first-order chi connectivity index (χ1) is 7.76. The molecule has 0 aromatic carbocycles. The topological polar surface area (TPSA) is 74.7 Å². The Balaban J connectivity index is 2.91. The summed E-state index contributed by atoms with van der Waals surface area (Å²) in [4.78, 5) is 11.3. The third kappa shape index (κ3) is 2.63. The van der Waals surface area contributed by atoms with E-state index in [-0.39, 0.29) is 6.54 Å². The van der Waals surface area contributed by atoms with Crippen molar-refractivity contribution >= 4 is 16.0 Å². The highest BCUT2D eigenvalue weighted by molar-refractivity contribution is 7.89. The molecule has 1 atom stereocenters. The van der Waals surface area contributed by atoms with Gasteiger partial charge in [-0.05, 0) is 26.7 Å². The molecule has 1 heterocycles. The zero-order valence-electron chi connectivity index (χ0n) is 10.6. The molecule has 17 heavy (non-hydrogen) atoms. The quantitative estimate of drug-likeness (QED) is 0.811. The van der Waals surface area contributed by atoms with Gasteiger partial charge in [0.15, 0.2) is 0 Å². The van der Waals surface area contributed by atoms with E-state index in [1.807, 2.05) is 6.92 Å². The van der Waals surface area contributed by atoms with Crippen molar-refractivity contribution in [3.05, 3.63) is 0 Å². The summed E-state index contributed by atoms with van der Waals surface area (Å²) in [5, 5.41) is 8.80. The summed E-state index contributed by atoms with van der Waals surface area (Å²) >= 11 is 0. The van der Waals surface area contributed by atoms with Gasteiger partial charge in [0.05, 0.1) is 10.7 Å². The van der Waals surface area contributed by atoms with Crippen LogP contribution in [0.25, 0.3) is 0 Å². The maximum Gasteiger partial charge on any atom is 0.311 e. The van der Waals surface area contributed by atoms with Crippen molar-refractivity contribution < 1.29 is 18.3 Å². The van der Waals surface area contributed by atoms with E-state index in [0.29, 0.717) is 19.4 Å². The second kappa shape index (κ2) is 4.94. The summed E-state index contributed by atoms with van der Waals surface area (Å²) in [6.07, 6.45) is 1.70. The molecule has 1 aliphatic rings. The van der Waals surface area contributed by atoms with Crippen LogP contribution in [0.1, 0.15) is 40.0 Å². The van der Waals surface area contributed by atoms with Crippen molar-refractivity contribution in [3.63, 3.8) is 0 Å². The lowest BCUT2D eigenvalue weighted by Crippen LogP contribution is -2.39. The minimum Gasteiger partial charge on any atom is -0.481 e. The lowest BCUT2D eigenvalue weighted by Gasteiger charge is -2.24. The van der Waals surface area contributed by atoms with E-state index in [9.17, 15) is 18.3 Å². The van der Waals surface area contributed by atoms with Gasteiger partial charge in [0.25, 0.3) is 0 Å². The molecule has 1 aliphatic heterocycles. The van der Waals surface area contributed by atoms with E-state index < -0.39 is 26.7 Å². The summed E-state index contributed by atoms with van der Waals surface area (Å²) < 4.78 is 25.3. The Kier molecular flexibility index (Phi) is 4.19. The second-order valence-corrected chi connectivity index (χ2v) is 7.50. The number of hydrogen-bond donors (Lipinski definition) is 1. The molecule has 0 spiro atoms. The number of aliphatic carboxylic acids is 1. The van der Waals surface area contributed by atoms with Crippen molar-refractivity contribution in [3.8, 4) is 0 Å². The van der Waals surface area contributed by atoms with Crippen LogP contribution in [0.4, 0.5) is 0 Å². The van der Waals surface area contributed by atoms with E-state index in [1.165, 1.54) is 4.31 Å². The molecule has 0 aromatic heterocycles. The molecule has 0 radical (unpaired) electrons. The maximum atomic E-state index is 12.0. The zero-order chi connectivity index (χ0) is 13.3. The predicted octanol–water partition coefficient (Wildman–Crippen LogP) is 1.30. The predicted molar refractivity (Wildman–Crippen MR) is 65.2 cm³/mol. The number of hydrogen-bond acceptors (Lipinski definition) is 3. The number of carboxylic acid groups (broad SMARTS) is 1. The van der Waals surface area contributed by atoms with Crippen LogP contribution >= 0.6 is 0 Å². The van der Waals surface area contributed by atoms with Crippen LogP contribution < -0.4 is 0 Å². The average molecular weight is 263 g/mol. The Morgan fingerprint density at radius 3 is 2.47 bits per heavy atom. The number of rotatable bonds is 5. The van der Waals surface area contributed by atoms with Crippen molar-refractivity contribution in [1.29, 1.82) is 0 Å². The van der Waals surface area contributed by atoms with Gasteiger partial charge in [-0.3, -0.25) is 4.79 Å². The molecule has 0 saturated carbocycles. The Morgan fingerprint density at radius 1 is 1.47 bits per heavy atom. The summed E-state index contributed by atoms with van der Waals surface area (Å²) in [5.74, 6) is -0.874. The van der Waals surface area contributed by atoms with Crippen LogP contribution in [0.2, 0.25) is 0 Å². The standard InChI is InChI=1S/C11H21NO4S/c1-4-5-11(10(13)14)6-7-12(8-11)17(15,16)9(2)3/h9H,4-8H2,1-3H3,(H,13,14). The molecule has 100 valence electrons. The van der Waals surface area contributed by atoms with Gasteiger partial charge in [0, 0.05) is 13.1 Å². The summed E-state index contributed by atoms with van der Waals surface area (Å²) in [5.41, 5.74) is -0.878. The molecule has 1 N–H and O–H groups in total. The third-order valence-corrected chi connectivity index (χ3v) is 5.68. The Morgan fingerprint density at radius 2 is 2.06 bits per heavy atom. The molecule has 0 aliphatic carbocycles. The minimum absolute atomic E-state index is 0.122. The maximum absolute atomic E-state index is 12.0. The number of carbonyl (C=O) groups is 1. The fourth-order valence-corrected chi connectivity index (χ4v) is 3.68. The Labute approximate surface area is 103 Å². The molecular weight excluding hydrogens is 242 g/mol. The van der Waals surface area contributed by atoms with Crippen LogP contribution in [0.15, 0.2) is 0 Å². The molecule has 5 nitrogen and oxygen atoms in total. The van der Waals surface area contributed by atoms with Gasteiger partial charge in [-0.25, -0.2) is 12.7 Å². The summed E-state index contributed by atoms with van der Waals surface area (Å²) in [7, 11) is -3.33. The minimum atomic E-state index is -3.33. The number of nitrogens with zero attached hydrogens (tertiary/aromatic N) is 1. The molecule has 0 aromatic rings. The molecular formula is C11H21NO4S. The highest BCUT2D eigenvalue weighted by Gasteiger charge is 2.47. The molecule has 0 bridgehead atoms.